The van der Waals surface area contributed by atoms with Gasteiger partial charge in [0.1, 0.15) is 5.75 Å². The van der Waals surface area contributed by atoms with E-state index in [2.05, 4.69) is 0 Å². The molecule has 1 aromatic carbocycles. The first-order valence-corrected chi connectivity index (χ1v) is 4.64. The zero-order chi connectivity index (χ0) is 13.3. The standard InChI is InChI=1S/C7H6O2.C4H6O4/c8-5-6-3-1-2-4-7(6)9;5-3(6)1-2-4(7)8/h1-5,9H;1-2H2,(H,5,6)(H,7,8). The van der Waals surface area contributed by atoms with Gasteiger partial charge in [-0.05, 0) is 12.1 Å². The number of rotatable bonds is 4. The van der Waals surface area contributed by atoms with Gasteiger partial charge in [-0.1, -0.05) is 12.1 Å². The summed E-state index contributed by atoms with van der Waals surface area (Å²) in [5.74, 6) is -2.12. The lowest BCUT2D eigenvalue weighted by atomic mass is 10.2. The Morgan fingerprint density at radius 3 is 1.82 bits per heavy atom. The first-order chi connectivity index (χ1) is 7.97. The van der Waals surface area contributed by atoms with Gasteiger partial charge in [-0.3, -0.25) is 14.4 Å². The molecule has 3 N–H and O–H groups in total. The van der Waals surface area contributed by atoms with Crippen LogP contribution < -0.4 is 0 Å². The first-order valence-electron chi connectivity index (χ1n) is 4.64. The summed E-state index contributed by atoms with van der Waals surface area (Å²) >= 11 is 0. The van der Waals surface area contributed by atoms with Crippen LogP contribution in [0.1, 0.15) is 23.2 Å². The Kier molecular flexibility index (Phi) is 6.77. The van der Waals surface area contributed by atoms with Gasteiger partial charge in [-0.2, -0.15) is 0 Å². The second-order valence-corrected chi connectivity index (χ2v) is 2.96. The fourth-order valence-corrected chi connectivity index (χ4v) is 0.801. The molecule has 0 amide bonds. The number of hydrogen-bond donors (Lipinski definition) is 3. The highest BCUT2D eigenvalue weighted by Gasteiger charge is 2.00. The van der Waals surface area contributed by atoms with Gasteiger partial charge in [0.25, 0.3) is 0 Å². The maximum atomic E-state index is 10.1. The van der Waals surface area contributed by atoms with Crippen LogP contribution in [0.25, 0.3) is 0 Å². The zero-order valence-electron chi connectivity index (χ0n) is 8.87. The van der Waals surface area contributed by atoms with E-state index in [-0.39, 0.29) is 18.6 Å². The molecule has 0 saturated carbocycles. The molecule has 0 aliphatic heterocycles. The van der Waals surface area contributed by atoms with Crippen LogP contribution in [0.4, 0.5) is 0 Å². The van der Waals surface area contributed by atoms with E-state index in [1.165, 1.54) is 6.07 Å². The van der Waals surface area contributed by atoms with Crippen LogP contribution in [0.15, 0.2) is 24.3 Å². The molecule has 0 spiro atoms. The molecule has 0 radical (unpaired) electrons. The van der Waals surface area contributed by atoms with Crippen molar-refractivity contribution >= 4 is 18.2 Å². The van der Waals surface area contributed by atoms with Gasteiger partial charge in [0.15, 0.2) is 6.29 Å². The number of carboxylic acids is 2. The first kappa shape index (κ1) is 14.6. The maximum Gasteiger partial charge on any atom is 0.303 e. The van der Waals surface area contributed by atoms with Crippen molar-refractivity contribution in [2.24, 2.45) is 0 Å². The minimum absolute atomic E-state index is 0.0347. The average Bonchev–Trinajstić information content (AvgIpc) is 2.28. The van der Waals surface area contributed by atoms with E-state index >= 15 is 0 Å². The molecule has 0 atom stereocenters. The normalized spacial score (nSPS) is 8.71. The number of carbonyl (C=O) groups is 3. The van der Waals surface area contributed by atoms with Gasteiger partial charge < -0.3 is 15.3 Å². The SMILES string of the molecule is O=C(O)CCC(=O)O.O=Cc1ccccc1O. The average molecular weight is 240 g/mol. The molecule has 0 unspecified atom stereocenters. The second kappa shape index (κ2) is 7.86. The fourth-order valence-electron chi connectivity index (χ4n) is 0.801. The van der Waals surface area contributed by atoms with Crippen molar-refractivity contribution in [3.8, 4) is 5.75 Å². The second-order valence-electron chi connectivity index (χ2n) is 2.96. The van der Waals surface area contributed by atoms with Gasteiger partial charge in [0.05, 0.1) is 18.4 Å². The molecule has 17 heavy (non-hydrogen) atoms. The monoisotopic (exact) mass is 240 g/mol. The Labute approximate surface area is 97.1 Å². The molecule has 0 aliphatic carbocycles. The molecule has 0 bridgehead atoms. The van der Waals surface area contributed by atoms with Crippen molar-refractivity contribution < 1.29 is 29.7 Å². The Bertz CT molecular complexity index is 385. The number of aromatic hydroxyl groups is 1. The number of carbonyl (C=O) groups excluding carboxylic acids is 1. The van der Waals surface area contributed by atoms with E-state index < -0.39 is 11.9 Å². The van der Waals surface area contributed by atoms with Crippen LogP contribution in [-0.2, 0) is 9.59 Å². The molecular formula is C11H12O6. The van der Waals surface area contributed by atoms with Crippen molar-refractivity contribution in [3.63, 3.8) is 0 Å². The lowest BCUT2D eigenvalue weighted by Gasteiger charge is -1.91. The number of hydrogen-bond acceptors (Lipinski definition) is 4. The summed E-state index contributed by atoms with van der Waals surface area (Å²) in [4.78, 5) is 29.3. The Morgan fingerprint density at radius 1 is 1.06 bits per heavy atom. The number of para-hydroxylation sites is 1. The molecule has 0 aliphatic rings. The highest BCUT2D eigenvalue weighted by Crippen LogP contribution is 2.11. The molecular weight excluding hydrogens is 228 g/mol. The van der Waals surface area contributed by atoms with E-state index in [4.69, 9.17) is 15.3 Å². The van der Waals surface area contributed by atoms with Crippen molar-refractivity contribution in [1.82, 2.24) is 0 Å². The summed E-state index contributed by atoms with van der Waals surface area (Å²) in [5.41, 5.74) is 0.331. The predicted molar refractivity (Wildman–Crippen MR) is 58.0 cm³/mol. The van der Waals surface area contributed by atoms with Crippen LogP contribution in [0.3, 0.4) is 0 Å². The van der Waals surface area contributed by atoms with Gasteiger partial charge >= 0.3 is 11.9 Å². The summed E-state index contributed by atoms with van der Waals surface area (Å²) in [5, 5.41) is 24.7. The third kappa shape index (κ3) is 7.55. The number of phenolic OH excluding ortho intramolecular Hbond substituents is 1. The molecule has 1 rings (SSSR count). The topological polar surface area (TPSA) is 112 Å². The fraction of sp³-hybridized carbons (Fsp3) is 0.182. The predicted octanol–water partition coefficient (Wildman–Crippen LogP) is 1.14. The quantitative estimate of drug-likeness (QED) is 0.680. The summed E-state index contributed by atoms with van der Waals surface area (Å²) < 4.78 is 0. The molecule has 6 heteroatoms. The third-order valence-corrected chi connectivity index (χ3v) is 1.62. The Hall–Kier alpha value is -2.37. The molecule has 0 aromatic heterocycles. The highest BCUT2D eigenvalue weighted by atomic mass is 16.4. The number of benzene rings is 1. The Balaban J connectivity index is 0.000000304. The highest BCUT2D eigenvalue weighted by molar-refractivity contribution is 5.78. The largest absolute Gasteiger partial charge is 0.507 e. The van der Waals surface area contributed by atoms with E-state index in [0.29, 0.717) is 11.8 Å². The molecule has 0 saturated heterocycles. The molecule has 1 aromatic rings. The van der Waals surface area contributed by atoms with Crippen molar-refractivity contribution in [3.05, 3.63) is 29.8 Å². The number of carboxylic acid groups (broad SMARTS) is 2. The summed E-state index contributed by atoms with van der Waals surface area (Å²) in [6.07, 6.45) is 0.0278. The minimum Gasteiger partial charge on any atom is -0.507 e. The van der Waals surface area contributed by atoms with Gasteiger partial charge in [-0.25, -0.2) is 0 Å². The van der Waals surface area contributed by atoms with Crippen LogP contribution in [-0.4, -0.2) is 33.5 Å². The van der Waals surface area contributed by atoms with Crippen LogP contribution in [0.2, 0.25) is 0 Å². The van der Waals surface area contributed by atoms with Crippen LogP contribution in [0.5, 0.6) is 5.75 Å². The lowest BCUT2D eigenvalue weighted by Crippen LogP contribution is -2.00. The van der Waals surface area contributed by atoms with Crippen LogP contribution >= 0.6 is 0 Å². The smallest absolute Gasteiger partial charge is 0.303 e. The van der Waals surface area contributed by atoms with E-state index in [9.17, 15) is 14.4 Å². The zero-order valence-corrected chi connectivity index (χ0v) is 8.87. The molecule has 92 valence electrons. The summed E-state index contributed by atoms with van der Waals surface area (Å²) in [6, 6.07) is 6.40. The molecule has 0 heterocycles. The van der Waals surface area contributed by atoms with Gasteiger partial charge in [0, 0.05) is 0 Å². The number of aldehydes is 1. The number of aliphatic carboxylic acids is 2. The van der Waals surface area contributed by atoms with Gasteiger partial charge in [0.2, 0.25) is 0 Å². The van der Waals surface area contributed by atoms with E-state index in [1.807, 2.05) is 0 Å². The Morgan fingerprint density at radius 2 is 1.53 bits per heavy atom. The molecule has 0 fully saturated rings. The lowest BCUT2D eigenvalue weighted by molar-refractivity contribution is -0.143. The number of phenols is 1. The third-order valence-electron chi connectivity index (χ3n) is 1.62. The van der Waals surface area contributed by atoms with Crippen molar-refractivity contribution in [1.29, 1.82) is 0 Å². The van der Waals surface area contributed by atoms with E-state index in [1.54, 1.807) is 18.2 Å². The van der Waals surface area contributed by atoms with Gasteiger partial charge in [-0.15, -0.1) is 0 Å². The van der Waals surface area contributed by atoms with Crippen molar-refractivity contribution in [2.45, 2.75) is 12.8 Å². The summed E-state index contributed by atoms with van der Waals surface area (Å²) in [6.45, 7) is 0. The maximum absolute atomic E-state index is 10.1. The summed E-state index contributed by atoms with van der Waals surface area (Å²) in [7, 11) is 0. The minimum atomic E-state index is -1.08. The van der Waals surface area contributed by atoms with Crippen molar-refractivity contribution in [2.75, 3.05) is 0 Å². The van der Waals surface area contributed by atoms with Crippen LogP contribution in [0, 0.1) is 0 Å². The molecule has 6 nitrogen and oxygen atoms in total. The van der Waals surface area contributed by atoms with E-state index in [0.717, 1.165) is 0 Å².